The van der Waals surface area contributed by atoms with Crippen molar-refractivity contribution in [2.24, 2.45) is 11.7 Å². The molecular formula is C12H23Cl3N4. The van der Waals surface area contributed by atoms with Gasteiger partial charge in [-0.25, -0.2) is 0 Å². The number of piperidine rings is 1. The van der Waals surface area contributed by atoms with Crippen LogP contribution in [0.2, 0.25) is 0 Å². The van der Waals surface area contributed by atoms with E-state index >= 15 is 0 Å². The molecule has 0 aliphatic carbocycles. The summed E-state index contributed by atoms with van der Waals surface area (Å²) in [4.78, 5) is 2.27. The van der Waals surface area contributed by atoms with Crippen LogP contribution >= 0.6 is 37.2 Å². The average molecular weight is 330 g/mol. The van der Waals surface area contributed by atoms with Crippen LogP contribution in [0.1, 0.15) is 12.8 Å². The lowest BCUT2D eigenvalue weighted by atomic mass is 9.96. The Morgan fingerprint density at radius 3 is 1.89 bits per heavy atom. The minimum Gasteiger partial charge on any atom is -0.397 e. The Balaban J connectivity index is 0. The van der Waals surface area contributed by atoms with Crippen LogP contribution in [0.4, 0.5) is 17.1 Å². The number of rotatable bonds is 2. The van der Waals surface area contributed by atoms with Crippen LogP contribution in [-0.4, -0.2) is 19.6 Å². The molecule has 2 rings (SSSR count). The molecule has 1 saturated heterocycles. The molecular weight excluding hydrogens is 307 g/mol. The van der Waals surface area contributed by atoms with E-state index in [1.54, 1.807) is 0 Å². The van der Waals surface area contributed by atoms with Gasteiger partial charge in [-0.2, -0.15) is 0 Å². The fourth-order valence-corrected chi connectivity index (χ4v) is 2.34. The van der Waals surface area contributed by atoms with Gasteiger partial charge in [0, 0.05) is 13.1 Å². The molecule has 0 aromatic heterocycles. The van der Waals surface area contributed by atoms with Gasteiger partial charge in [-0.05, 0) is 37.4 Å². The van der Waals surface area contributed by atoms with E-state index in [1.165, 1.54) is 0 Å². The van der Waals surface area contributed by atoms with Gasteiger partial charge < -0.3 is 22.1 Å². The Labute approximate surface area is 133 Å². The zero-order chi connectivity index (χ0) is 11.5. The molecule has 1 aromatic rings. The molecule has 0 atom stereocenters. The zero-order valence-corrected chi connectivity index (χ0v) is 13.2. The van der Waals surface area contributed by atoms with Gasteiger partial charge in [-0.15, -0.1) is 37.2 Å². The van der Waals surface area contributed by atoms with Gasteiger partial charge in [0.25, 0.3) is 0 Å². The second kappa shape index (κ2) is 9.37. The van der Waals surface area contributed by atoms with Crippen molar-refractivity contribution in [1.82, 2.24) is 0 Å². The quantitative estimate of drug-likeness (QED) is 0.727. The Morgan fingerprint density at radius 2 is 1.47 bits per heavy atom. The van der Waals surface area contributed by atoms with Crippen molar-refractivity contribution < 1.29 is 0 Å². The molecule has 1 fully saturated rings. The Hall–Kier alpha value is -0.550. The van der Waals surface area contributed by atoms with E-state index in [2.05, 4.69) is 4.90 Å². The number of nitrogen functional groups attached to an aromatic ring is 2. The summed E-state index contributed by atoms with van der Waals surface area (Å²) in [6.45, 7) is 2.79. The molecule has 1 aliphatic heterocycles. The third kappa shape index (κ3) is 4.80. The molecule has 4 nitrogen and oxygen atoms in total. The number of nitrogens with two attached hydrogens (primary N) is 3. The van der Waals surface area contributed by atoms with E-state index in [9.17, 15) is 0 Å². The van der Waals surface area contributed by atoms with E-state index < -0.39 is 0 Å². The highest BCUT2D eigenvalue weighted by molar-refractivity contribution is 5.86. The van der Waals surface area contributed by atoms with Crippen LogP contribution in [0.3, 0.4) is 0 Å². The lowest BCUT2D eigenvalue weighted by Gasteiger charge is -2.34. The summed E-state index contributed by atoms with van der Waals surface area (Å²) in [5.41, 5.74) is 20.2. The van der Waals surface area contributed by atoms with Crippen LogP contribution in [0.25, 0.3) is 0 Å². The van der Waals surface area contributed by atoms with Crippen LogP contribution in [-0.2, 0) is 0 Å². The minimum atomic E-state index is 0. The molecule has 0 bridgehead atoms. The summed E-state index contributed by atoms with van der Waals surface area (Å²) in [6, 6.07) is 5.70. The van der Waals surface area contributed by atoms with Gasteiger partial charge >= 0.3 is 0 Å². The maximum Gasteiger partial charge on any atom is 0.0833 e. The highest BCUT2D eigenvalue weighted by Crippen LogP contribution is 2.32. The van der Waals surface area contributed by atoms with E-state index in [4.69, 9.17) is 17.2 Å². The largest absolute Gasteiger partial charge is 0.397 e. The topological polar surface area (TPSA) is 81.3 Å². The molecule has 1 heterocycles. The third-order valence-electron chi connectivity index (χ3n) is 3.36. The van der Waals surface area contributed by atoms with Gasteiger partial charge in [0.15, 0.2) is 0 Å². The molecule has 0 spiro atoms. The Bertz CT molecular complexity index is 348. The van der Waals surface area contributed by atoms with Crippen LogP contribution in [0, 0.1) is 5.92 Å². The van der Waals surface area contributed by atoms with Gasteiger partial charge in [-0.1, -0.05) is 6.07 Å². The number of benzene rings is 1. The third-order valence-corrected chi connectivity index (χ3v) is 3.36. The predicted octanol–water partition coefficient (Wildman–Crippen LogP) is 2.29. The van der Waals surface area contributed by atoms with Crippen molar-refractivity contribution in [3.63, 3.8) is 0 Å². The van der Waals surface area contributed by atoms with Crippen LogP contribution in [0.15, 0.2) is 18.2 Å². The Kier molecular flexibility index (Phi) is 10.2. The van der Waals surface area contributed by atoms with Crippen molar-refractivity contribution in [2.75, 3.05) is 36.0 Å². The standard InChI is InChI=1S/C12H20N4.3ClH/c13-8-9-4-6-16(7-5-9)12-10(14)2-1-3-11(12)15;;;/h1-3,9H,4-8,13-15H2;3*1H. The molecule has 112 valence electrons. The van der Waals surface area contributed by atoms with Gasteiger partial charge in [0.2, 0.25) is 0 Å². The van der Waals surface area contributed by atoms with Gasteiger partial charge in [0.1, 0.15) is 0 Å². The van der Waals surface area contributed by atoms with Gasteiger partial charge in [0.05, 0.1) is 17.1 Å². The maximum absolute atomic E-state index is 5.97. The number of halogens is 3. The average Bonchev–Trinajstić information content (AvgIpc) is 2.30. The fraction of sp³-hybridized carbons (Fsp3) is 0.500. The summed E-state index contributed by atoms with van der Waals surface area (Å²) < 4.78 is 0. The number of nitrogens with zero attached hydrogens (tertiary/aromatic N) is 1. The van der Waals surface area contributed by atoms with Crippen molar-refractivity contribution in [3.8, 4) is 0 Å². The first-order chi connectivity index (χ1) is 7.72. The number of para-hydroxylation sites is 1. The molecule has 0 amide bonds. The molecule has 0 radical (unpaired) electrons. The van der Waals surface area contributed by atoms with Crippen molar-refractivity contribution >= 4 is 54.3 Å². The first-order valence-corrected chi connectivity index (χ1v) is 5.81. The van der Waals surface area contributed by atoms with Crippen molar-refractivity contribution in [2.45, 2.75) is 12.8 Å². The summed E-state index contributed by atoms with van der Waals surface area (Å²) in [5, 5.41) is 0. The second-order valence-electron chi connectivity index (χ2n) is 4.45. The molecule has 1 aromatic carbocycles. The maximum atomic E-state index is 5.97. The normalized spacial score (nSPS) is 14.9. The summed E-state index contributed by atoms with van der Waals surface area (Å²) in [5.74, 6) is 0.655. The van der Waals surface area contributed by atoms with E-state index in [0.717, 1.165) is 49.5 Å². The second-order valence-corrected chi connectivity index (χ2v) is 4.45. The van der Waals surface area contributed by atoms with E-state index in [-0.39, 0.29) is 37.2 Å². The van der Waals surface area contributed by atoms with E-state index in [0.29, 0.717) is 5.92 Å². The summed E-state index contributed by atoms with van der Waals surface area (Å²) >= 11 is 0. The number of anilines is 3. The van der Waals surface area contributed by atoms with Crippen molar-refractivity contribution in [1.29, 1.82) is 0 Å². The highest BCUT2D eigenvalue weighted by Gasteiger charge is 2.20. The summed E-state index contributed by atoms with van der Waals surface area (Å²) in [7, 11) is 0. The smallest absolute Gasteiger partial charge is 0.0833 e. The number of hydrogen-bond acceptors (Lipinski definition) is 4. The first kappa shape index (κ1) is 20.8. The van der Waals surface area contributed by atoms with Crippen molar-refractivity contribution in [3.05, 3.63) is 18.2 Å². The summed E-state index contributed by atoms with van der Waals surface area (Å²) in [6.07, 6.45) is 2.26. The van der Waals surface area contributed by atoms with Crippen LogP contribution in [0.5, 0.6) is 0 Å². The lowest BCUT2D eigenvalue weighted by molar-refractivity contribution is 0.415. The first-order valence-electron chi connectivity index (χ1n) is 5.81. The molecule has 7 heteroatoms. The monoisotopic (exact) mass is 328 g/mol. The molecule has 1 aliphatic rings. The molecule has 6 N–H and O–H groups in total. The zero-order valence-electron chi connectivity index (χ0n) is 10.7. The fourth-order valence-electron chi connectivity index (χ4n) is 2.34. The van der Waals surface area contributed by atoms with Crippen LogP contribution < -0.4 is 22.1 Å². The predicted molar refractivity (Wildman–Crippen MR) is 91.0 cm³/mol. The molecule has 19 heavy (non-hydrogen) atoms. The highest BCUT2D eigenvalue weighted by atomic mass is 35.5. The van der Waals surface area contributed by atoms with E-state index in [1.807, 2.05) is 18.2 Å². The van der Waals surface area contributed by atoms with Gasteiger partial charge in [-0.3, -0.25) is 0 Å². The SMILES string of the molecule is Cl.Cl.Cl.NCC1CCN(c2c(N)cccc2N)CC1. The Morgan fingerprint density at radius 1 is 1.00 bits per heavy atom. The number of hydrogen-bond donors (Lipinski definition) is 3. The molecule has 0 saturated carbocycles. The minimum absolute atomic E-state index is 0. The molecule has 0 unspecified atom stereocenters. The lowest BCUT2D eigenvalue weighted by Crippen LogP contribution is -2.36.